The summed E-state index contributed by atoms with van der Waals surface area (Å²) >= 11 is 0. The van der Waals surface area contributed by atoms with Crippen LogP contribution in [0.5, 0.6) is 0 Å². The third-order valence-electron chi connectivity index (χ3n) is 5.42. The standard InChI is InChI=1S/C21H19FN4O/c22-15-4-2-14(3-5-15)18-19(16-6-10-23-20-17(16)7-11-24-20)26(13-25-18)12-21(27)8-1-9-21/h2-7,10-11,13,27H,1,8-9,12H2,(H,23,24). The Kier molecular flexibility index (Phi) is 3.62. The van der Waals surface area contributed by atoms with Gasteiger partial charge in [-0.25, -0.2) is 14.4 Å². The fourth-order valence-corrected chi connectivity index (χ4v) is 3.83. The SMILES string of the molecule is OC1(Cn2cnc(-c3ccc(F)cc3)c2-c2ccnc3[nH]ccc23)CCC1. The van der Waals surface area contributed by atoms with Gasteiger partial charge in [0.15, 0.2) is 0 Å². The molecule has 1 aliphatic rings. The molecular formula is C21H19FN4O. The number of imidazole rings is 1. The molecule has 1 saturated carbocycles. The molecule has 5 nitrogen and oxygen atoms in total. The smallest absolute Gasteiger partial charge is 0.137 e. The first-order valence-corrected chi connectivity index (χ1v) is 9.09. The Hall–Kier alpha value is -2.99. The summed E-state index contributed by atoms with van der Waals surface area (Å²) in [6.45, 7) is 0.491. The summed E-state index contributed by atoms with van der Waals surface area (Å²) in [4.78, 5) is 12.1. The lowest BCUT2D eigenvalue weighted by Crippen LogP contribution is -2.41. The molecule has 0 amide bonds. The van der Waals surface area contributed by atoms with Gasteiger partial charge in [-0.2, -0.15) is 0 Å². The Bertz CT molecular complexity index is 1110. The third kappa shape index (κ3) is 2.73. The van der Waals surface area contributed by atoms with E-state index in [4.69, 9.17) is 0 Å². The van der Waals surface area contributed by atoms with Crippen molar-refractivity contribution in [3.8, 4) is 22.5 Å². The quantitative estimate of drug-likeness (QED) is 0.573. The Morgan fingerprint density at radius 3 is 2.67 bits per heavy atom. The molecule has 0 unspecified atom stereocenters. The molecule has 27 heavy (non-hydrogen) atoms. The number of aromatic nitrogens is 4. The Labute approximate surface area is 155 Å². The molecule has 1 aliphatic carbocycles. The van der Waals surface area contributed by atoms with Crippen molar-refractivity contribution in [1.29, 1.82) is 0 Å². The van der Waals surface area contributed by atoms with Crippen LogP contribution in [0.25, 0.3) is 33.5 Å². The van der Waals surface area contributed by atoms with Crippen LogP contribution < -0.4 is 0 Å². The van der Waals surface area contributed by atoms with E-state index in [1.165, 1.54) is 12.1 Å². The molecule has 0 spiro atoms. The van der Waals surface area contributed by atoms with E-state index in [-0.39, 0.29) is 5.82 Å². The normalized spacial score (nSPS) is 15.8. The number of hydrogen-bond acceptors (Lipinski definition) is 3. The molecule has 0 saturated heterocycles. The molecule has 0 bridgehead atoms. The molecule has 1 aromatic carbocycles. The maximum Gasteiger partial charge on any atom is 0.137 e. The van der Waals surface area contributed by atoms with Crippen molar-refractivity contribution < 1.29 is 9.50 Å². The van der Waals surface area contributed by atoms with Crippen LogP contribution in [0.1, 0.15) is 19.3 Å². The number of benzene rings is 1. The van der Waals surface area contributed by atoms with Crippen LogP contribution in [-0.2, 0) is 6.54 Å². The van der Waals surface area contributed by atoms with E-state index in [0.29, 0.717) is 6.54 Å². The van der Waals surface area contributed by atoms with Crippen LogP contribution in [0.4, 0.5) is 4.39 Å². The maximum absolute atomic E-state index is 13.4. The van der Waals surface area contributed by atoms with Crippen molar-refractivity contribution in [3.05, 3.63) is 60.9 Å². The summed E-state index contributed by atoms with van der Waals surface area (Å²) < 4.78 is 15.4. The second-order valence-electron chi connectivity index (χ2n) is 7.25. The number of pyridine rings is 1. The van der Waals surface area contributed by atoms with Gasteiger partial charge in [-0.05, 0) is 55.7 Å². The highest BCUT2D eigenvalue weighted by Gasteiger charge is 2.35. The highest BCUT2D eigenvalue weighted by atomic mass is 19.1. The van der Waals surface area contributed by atoms with Crippen LogP contribution >= 0.6 is 0 Å². The molecule has 3 heterocycles. The van der Waals surface area contributed by atoms with E-state index in [0.717, 1.165) is 52.8 Å². The predicted molar refractivity (Wildman–Crippen MR) is 102 cm³/mol. The lowest BCUT2D eigenvalue weighted by atomic mass is 9.80. The zero-order valence-corrected chi connectivity index (χ0v) is 14.7. The van der Waals surface area contributed by atoms with Gasteiger partial charge in [0.2, 0.25) is 0 Å². The number of hydrogen-bond donors (Lipinski definition) is 2. The molecule has 4 aromatic rings. The molecule has 0 aliphatic heterocycles. The highest BCUT2D eigenvalue weighted by molar-refractivity contribution is 5.95. The van der Waals surface area contributed by atoms with Crippen molar-refractivity contribution in [1.82, 2.24) is 19.5 Å². The molecule has 1 fully saturated rings. The summed E-state index contributed by atoms with van der Waals surface area (Å²) in [5.41, 5.74) is 3.63. The molecule has 5 rings (SSSR count). The van der Waals surface area contributed by atoms with E-state index in [2.05, 4.69) is 15.0 Å². The number of halogens is 1. The van der Waals surface area contributed by atoms with Gasteiger partial charge in [-0.3, -0.25) is 0 Å². The lowest BCUT2D eigenvalue weighted by Gasteiger charge is -2.37. The van der Waals surface area contributed by atoms with Crippen LogP contribution in [0.2, 0.25) is 0 Å². The van der Waals surface area contributed by atoms with Crippen LogP contribution in [-0.4, -0.2) is 30.2 Å². The number of nitrogens with one attached hydrogen (secondary N) is 1. The van der Waals surface area contributed by atoms with Crippen LogP contribution in [0.15, 0.2) is 55.1 Å². The zero-order valence-electron chi connectivity index (χ0n) is 14.7. The van der Waals surface area contributed by atoms with Gasteiger partial charge in [0.25, 0.3) is 0 Å². The summed E-state index contributed by atoms with van der Waals surface area (Å²) in [5.74, 6) is -0.277. The first kappa shape index (κ1) is 16.2. The molecule has 0 atom stereocenters. The maximum atomic E-state index is 13.4. The number of nitrogens with zero attached hydrogens (tertiary/aromatic N) is 3. The van der Waals surface area contributed by atoms with Gasteiger partial charge in [0, 0.05) is 28.9 Å². The van der Waals surface area contributed by atoms with Crippen molar-refractivity contribution in [2.24, 2.45) is 0 Å². The van der Waals surface area contributed by atoms with Crippen LogP contribution in [0, 0.1) is 5.82 Å². The average Bonchev–Trinajstić information content (AvgIpc) is 3.28. The molecule has 3 aromatic heterocycles. The number of H-pyrrole nitrogens is 1. The highest BCUT2D eigenvalue weighted by Crippen LogP contribution is 2.38. The Morgan fingerprint density at radius 2 is 1.93 bits per heavy atom. The molecule has 6 heteroatoms. The third-order valence-corrected chi connectivity index (χ3v) is 5.42. The van der Waals surface area contributed by atoms with Gasteiger partial charge in [-0.1, -0.05) is 0 Å². The van der Waals surface area contributed by atoms with Gasteiger partial charge >= 0.3 is 0 Å². The summed E-state index contributed by atoms with van der Waals surface area (Å²) in [7, 11) is 0. The fourth-order valence-electron chi connectivity index (χ4n) is 3.83. The predicted octanol–water partition coefficient (Wildman–Crippen LogP) is 4.15. The molecule has 136 valence electrons. The fraction of sp³-hybridized carbons (Fsp3) is 0.238. The first-order valence-electron chi connectivity index (χ1n) is 9.09. The van der Waals surface area contributed by atoms with Gasteiger partial charge in [0.05, 0.1) is 29.9 Å². The number of aromatic amines is 1. The van der Waals surface area contributed by atoms with Crippen LogP contribution in [0.3, 0.4) is 0 Å². The van der Waals surface area contributed by atoms with Crippen molar-refractivity contribution in [2.45, 2.75) is 31.4 Å². The summed E-state index contributed by atoms with van der Waals surface area (Å²) in [6.07, 6.45) is 8.03. The number of fused-ring (bicyclic) bond motifs is 1. The molecule has 0 radical (unpaired) electrons. The van der Waals surface area contributed by atoms with Crippen molar-refractivity contribution in [2.75, 3.05) is 0 Å². The van der Waals surface area contributed by atoms with Crippen molar-refractivity contribution in [3.63, 3.8) is 0 Å². The van der Waals surface area contributed by atoms with E-state index in [9.17, 15) is 9.50 Å². The number of aliphatic hydroxyl groups is 1. The topological polar surface area (TPSA) is 66.7 Å². The van der Waals surface area contributed by atoms with Gasteiger partial charge < -0.3 is 14.7 Å². The Balaban J connectivity index is 1.71. The molecular weight excluding hydrogens is 343 g/mol. The van der Waals surface area contributed by atoms with Gasteiger partial charge in [0.1, 0.15) is 11.5 Å². The largest absolute Gasteiger partial charge is 0.388 e. The monoisotopic (exact) mass is 362 g/mol. The Morgan fingerprint density at radius 1 is 1.11 bits per heavy atom. The zero-order chi connectivity index (χ0) is 18.4. The van der Waals surface area contributed by atoms with E-state index < -0.39 is 5.60 Å². The van der Waals surface area contributed by atoms with E-state index >= 15 is 0 Å². The first-order chi connectivity index (χ1) is 13.1. The number of rotatable bonds is 4. The van der Waals surface area contributed by atoms with E-state index in [1.807, 2.05) is 22.9 Å². The molecule has 2 N–H and O–H groups in total. The summed E-state index contributed by atoms with van der Waals surface area (Å²) in [5, 5.41) is 11.7. The minimum Gasteiger partial charge on any atom is -0.388 e. The van der Waals surface area contributed by atoms with Crippen molar-refractivity contribution >= 4 is 11.0 Å². The second-order valence-corrected chi connectivity index (χ2v) is 7.25. The minimum absolute atomic E-state index is 0.277. The second kappa shape index (κ2) is 6.03. The van der Waals surface area contributed by atoms with Gasteiger partial charge in [-0.15, -0.1) is 0 Å². The summed E-state index contributed by atoms with van der Waals surface area (Å²) in [6, 6.07) is 10.3. The average molecular weight is 362 g/mol. The minimum atomic E-state index is -0.681. The lowest BCUT2D eigenvalue weighted by molar-refractivity contribution is -0.0469. The van der Waals surface area contributed by atoms with E-state index in [1.54, 1.807) is 24.7 Å².